The minimum Gasteiger partial charge on any atom is -0.495 e. The molecule has 0 bridgehead atoms. The molecule has 0 fully saturated rings. The van der Waals surface area contributed by atoms with Gasteiger partial charge in [-0.1, -0.05) is 11.8 Å². The summed E-state index contributed by atoms with van der Waals surface area (Å²) in [5, 5.41) is 13.4. The quantitative estimate of drug-likeness (QED) is 0.472. The Morgan fingerprint density at radius 1 is 1.56 bits per heavy atom. The summed E-state index contributed by atoms with van der Waals surface area (Å²) < 4.78 is 5.04. The molecule has 1 N–H and O–H groups in total. The number of methoxy groups -OCH3 is 1. The molecule has 0 radical (unpaired) electrons. The summed E-state index contributed by atoms with van der Waals surface area (Å²) in [6.07, 6.45) is 0. The summed E-state index contributed by atoms with van der Waals surface area (Å²) in [5.41, 5.74) is 0.638. The maximum Gasteiger partial charge on any atom is 0.273 e. The van der Waals surface area contributed by atoms with Gasteiger partial charge in [0, 0.05) is 6.07 Å². The highest BCUT2D eigenvalue weighted by Crippen LogP contribution is 2.23. The van der Waals surface area contributed by atoms with Crippen LogP contribution in [0.15, 0.2) is 18.2 Å². The number of hydrogen-bond donors (Lipinski definition) is 1. The monoisotopic (exact) mass is 220 g/mol. The predicted octanol–water partition coefficient (Wildman–Crippen LogP) is 1.17. The second kappa shape index (κ2) is 5.73. The van der Waals surface area contributed by atoms with E-state index in [-0.39, 0.29) is 5.69 Å². The lowest BCUT2D eigenvalue weighted by molar-refractivity contribution is -0.384. The molecule has 0 aliphatic rings. The van der Waals surface area contributed by atoms with E-state index in [2.05, 4.69) is 17.2 Å². The third-order valence-corrected chi connectivity index (χ3v) is 1.88. The van der Waals surface area contributed by atoms with Gasteiger partial charge in [-0.3, -0.25) is 10.1 Å². The number of hydrogen-bond acceptors (Lipinski definition) is 4. The molecule has 0 aromatic heterocycles. The molecule has 0 spiro atoms. The molecule has 0 amide bonds. The first-order valence-corrected chi connectivity index (χ1v) is 4.65. The molecule has 0 unspecified atom stereocenters. The summed E-state index contributed by atoms with van der Waals surface area (Å²) in [5.74, 6) is 6.15. The number of nitrogens with zero attached hydrogens (tertiary/aromatic N) is 1. The lowest BCUT2D eigenvalue weighted by Crippen LogP contribution is -2.04. The van der Waals surface area contributed by atoms with Gasteiger partial charge in [0.1, 0.15) is 5.75 Å². The number of nitro groups is 1. The van der Waals surface area contributed by atoms with Gasteiger partial charge in [0.05, 0.1) is 30.2 Å². The molecule has 1 aromatic carbocycles. The molecule has 16 heavy (non-hydrogen) atoms. The van der Waals surface area contributed by atoms with Crippen molar-refractivity contribution in [3.63, 3.8) is 0 Å². The first-order valence-electron chi connectivity index (χ1n) is 4.65. The van der Waals surface area contributed by atoms with Crippen LogP contribution >= 0.6 is 0 Å². The van der Waals surface area contributed by atoms with E-state index in [1.54, 1.807) is 13.1 Å². The first kappa shape index (κ1) is 12.0. The first-order chi connectivity index (χ1) is 7.69. The maximum absolute atomic E-state index is 10.5. The summed E-state index contributed by atoms with van der Waals surface area (Å²) in [6, 6.07) is 4.36. The van der Waals surface area contributed by atoms with Crippen molar-refractivity contribution in [3.8, 4) is 17.6 Å². The van der Waals surface area contributed by atoms with Crippen LogP contribution in [0.1, 0.15) is 5.56 Å². The Morgan fingerprint density at radius 3 is 2.88 bits per heavy atom. The lowest BCUT2D eigenvalue weighted by atomic mass is 10.2. The highest BCUT2D eigenvalue weighted by atomic mass is 16.6. The van der Waals surface area contributed by atoms with E-state index >= 15 is 0 Å². The van der Waals surface area contributed by atoms with Gasteiger partial charge in [0.15, 0.2) is 0 Å². The van der Waals surface area contributed by atoms with Gasteiger partial charge in [0.2, 0.25) is 0 Å². The Bertz CT molecular complexity index is 446. The Hall–Kier alpha value is -2.06. The van der Waals surface area contributed by atoms with Gasteiger partial charge < -0.3 is 10.1 Å². The molecular weight excluding hydrogens is 208 g/mol. The molecule has 0 saturated heterocycles. The fourth-order valence-corrected chi connectivity index (χ4v) is 1.12. The molecular formula is C11H12N2O3. The number of non-ortho nitro benzene ring substituents is 1. The van der Waals surface area contributed by atoms with Crippen molar-refractivity contribution < 1.29 is 9.66 Å². The van der Waals surface area contributed by atoms with E-state index in [1.165, 1.54) is 19.2 Å². The highest BCUT2D eigenvalue weighted by molar-refractivity contribution is 5.52. The van der Waals surface area contributed by atoms with Crippen LogP contribution in [0.25, 0.3) is 0 Å². The van der Waals surface area contributed by atoms with E-state index in [1.807, 2.05) is 0 Å². The maximum atomic E-state index is 10.5. The predicted molar refractivity (Wildman–Crippen MR) is 60.5 cm³/mol. The van der Waals surface area contributed by atoms with E-state index < -0.39 is 4.92 Å². The summed E-state index contributed by atoms with van der Waals surface area (Å²) in [4.78, 5) is 10.1. The van der Waals surface area contributed by atoms with Crippen molar-refractivity contribution in [2.75, 3.05) is 20.7 Å². The second-order valence-electron chi connectivity index (χ2n) is 2.97. The molecule has 5 nitrogen and oxygen atoms in total. The van der Waals surface area contributed by atoms with Crippen LogP contribution in [0.4, 0.5) is 5.69 Å². The summed E-state index contributed by atoms with van der Waals surface area (Å²) in [6.45, 7) is 0.556. The Balaban J connectivity index is 3.03. The van der Waals surface area contributed by atoms with Gasteiger partial charge in [-0.25, -0.2) is 0 Å². The molecule has 0 heterocycles. The Morgan fingerprint density at radius 2 is 2.31 bits per heavy atom. The van der Waals surface area contributed by atoms with Crippen molar-refractivity contribution in [2.45, 2.75) is 0 Å². The average Bonchev–Trinajstić information content (AvgIpc) is 2.29. The van der Waals surface area contributed by atoms with Crippen molar-refractivity contribution in [1.82, 2.24) is 5.32 Å². The van der Waals surface area contributed by atoms with Crippen LogP contribution in [-0.2, 0) is 0 Å². The molecule has 0 aliphatic heterocycles. The van der Waals surface area contributed by atoms with Crippen molar-refractivity contribution in [2.24, 2.45) is 0 Å². The second-order valence-corrected chi connectivity index (χ2v) is 2.97. The normalized spacial score (nSPS) is 9.12. The van der Waals surface area contributed by atoms with Crippen molar-refractivity contribution in [3.05, 3.63) is 33.9 Å². The number of ether oxygens (including phenoxy) is 1. The van der Waals surface area contributed by atoms with E-state index in [9.17, 15) is 10.1 Å². The van der Waals surface area contributed by atoms with Crippen LogP contribution in [0.5, 0.6) is 5.75 Å². The van der Waals surface area contributed by atoms with Crippen LogP contribution in [-0.4, -0.2) is 25.6 Å². The van der Waals surface area contributed by atoms with E-state index in [0.717, 1.165) is 0 Å². The average molecular weight is 220 g/mol. The van der Waals surface area contributed by atoms with Gasteiger partial charge in [-0.2, -0.15) is 0 Å². The SMILES string of the molecule is CNCC#Cc1ccc([N+](=O)[O-])cc1OC. The third kappa shape index (κ3) is 2.97. The Kier molecular flexibility index (Phi) is 4.30. The molecule has 0 aliphatic carbocycles. The smallest absolute Gasteiger partial charge is 0.273 e. The van der Waals surface area contributed by atoms with Gasteiger partial charge in [0.25, 0.3) is 5.69 Å². The van der Waals surface area contributed by atoms with Crippen molar-refractivity contribution >= 4 is 5.69 Å². The molecule has 5 heteroatoms. The zero-order valence-electron chi connectivity index (χ0n) is 9.11. The number of nitrogens with one attached hydrogen (secondary N) is 1. The van der Waals surface area contributed by atoms with Crippen LogP contribution in [0.3, 0.4) is 0 Å². The molecule has 1 rings (SSSR count). The highest BCUT2D eigenvalue weighted by Gasteiger charge is 2.09. The molecule has 0 saturated carbocycles. The van der Waals surface area contributed by atoms with Crippen LogP contribution < -0.4 is 10.1 Å². The minimum atomic E-state index is -0.465. The number of benzene rings is 1. The fraction of sp³-hybridized carbons (Fsp3) is 0.273. The van der Waals surface area contributed by atoms with Crippen molar-refractivity contribution in [1.29, 1.82) is 0 Å². The zero-order chi connectivity index (χ0) is 12.0. The summed E-state index contributed by atoms with van der Waals surface area (Å²) >= 11 is 0. The third-order valence-electron chi connectivity index (χ3n) is 1.88. The molecule has 1 aromatic rings. The fourth-order valence-electron chi connectivity index (χ4n) is 1.12. The van der Waals surface area contributed by atoms with E-state index in [0.29, 0.717) is 17.9 Å². The summed E-state index contributed by atoms with van der Waals surface area (Å²) in [7, 11) is 3.25. The topological polar surface area (TPSA) is 64.4 Å². The zero-order valence-corrected chi connectivity index (χ0v) is 9.11. The number of rotatable bonds is 3. The van der Waals surface area contributed by atoms with E-state index in [4.69, 9.17) is 4.74 Å². The van der Waals surface area contributed by atoms with Gasteiger partial charge in [-0.05, 0) is 13.1 Å². The largest absolute Gasteiger partial charge is 0.495 e. The Labute approximate surface area is 93.6 Å². The van der Waals surface area contributed by atoms with Gasteiger partial charge >= 0.3 is 0 Å². The molecule has 0 atom stereocenters. The lowest BCUT2D eigenvalue weighted by Gasteiger charge is -2.02. The molecule has 84 valence electrons. The minimum absolute atomic E-state index is 0.00369. The number of nitro benzene ring substituents is 1. The van der Waals surface area contributed by atoms with Gasteiger partial charge in [-0.15, -0.1) is 0 Å². The van der Waals surface area contributed by atoms with Crippen LogP contribution in [0.2, 0.25) is 0 Å². The van der Waals surface area contributed by atoms with Crippen LogP contribution in [0, 0.1) is 22.0 Å². The standard InChI is InChI=1S/C11H12N2O3/c1-12-7-3-4-9-5-6-10(13(14)15)8-11(9)16-2/h5-6,8,12H,7H2,1-2H3.